The third-order valence-corrected chi connectivity index (χ3v) is 8.28. The van der Waals surface area contributed by atoms with Gasteiger partial charge in [-0.3, -0.25) is 19.4 Å². The van der Waals surface area contributed by atoms with E-state index in [4.69, 9.17) is 4.74 Å². The number of nitrogens with one attached hydrogen (secondary N) is 3. The zero-order valence-corrected chi connectivity index (χ0v) is 25.9. The van der Waals surface area contributed by atoms with Gasteiger partial charge in [0.1, 0.15) is 17.6 Å². The number of ketones is 1. The molecular weight excluding hydrogens is 542 g/mol. The van der Waals surface area contributed by atoms with Crippen molar-refractivity contribution < 1.29 is 19.1 Å². The number of rotatable bonds is 16. The molecule has 0 spiro atoms. The molecule has 0 saturated carbocycles. The summed E-state index contributed by atoms with van der Waals surface area (Å²) in [4.78, 5) is 46.0. The number of fused-ring (bicyclic) bond motifs is 1. The van der Waals surface area contributed by atoms with Gasteiger partial charge in [0.15, 0.2) is 0 Å². The number of Topliss-reactive ketones (excluding diaryl/α,β-unsaturated/α-hetero) is 1. The number of amides is 2. The predicted molar refractivity (Wildman–Crippen MR) is 170 cm³/mol. The van der Waals surface area contributed by atoms with Crippen LogP contribution in [0.3, 0.4) is 0 Å². The molecule has 1 aliphatic heterocycles. The second-order valence-corrected chi connectivity index (χ2v) is 11.6. The van der Waals surface area contributed by atoms with E-state index in [0.29, 0.717) is 19.4 Å². The first kappa shape index (κ1) is 32.2. The standard InChI is InChI=1S/C34H47N5O4/c1-25(40)10-6-4-9-13-32(37-33(41)23-29-26(2)36-31-15-14-28(43-3)22-30(29)31)34(42)35-16-17-38-18-20-39(21-19-38)24-27-11-7-5-8-12-27/h5,7-8,11-12,14-15,22,32,36H,4,6,9-10,13,16-21,23-24H2,1-3H3,(H,35,42)(H,37,41). The molecule has 1 aliphatic rings. The van der Waals surface area contributed by atoms with Crippen molar-refractivity contribution >= 4 is 28.5 Å². The Morgan fingerprint density at radius 1 is 0.977 bits per heavy atom. The minimum atomic E-state index is -0.618. The van der Waals surface area contributed by atoms with Crippen molar-refractivity contribution in [1.29, 1.82) is 0 Å². The average molecular weight is 590 g/mol. The number of carbonyl (C=O) groups is 3. The highest BCUT2D eigenvalue weighted by molar-refractivity contribution is 5.93. The fourth-order valence-corrected chi connectivity index (χ4v) is 5.76. The molecule has 9 nitrogen and oxygen atoms in total. The smallest absolute Gasteiger partial charge is 0.242 e. The normalized spacial score (nSPS) is 14.9. The Bertz CT molecular complexity index is 1350. The first-order valence-corrected chi connectivity index (χ1v) is 15.5. The van der Waals surface area contributed by atoms with Crippen LogP contribution in [-0.2, 0) is 27.3 Å². The summed E-state index contributed by atoms with van der Waals surface area (Å²) in [6.45, 7) is 9.77. The predicted octanol–water partition coefficient (Wildman–Crippen LogP) is 3.99. The highest BCUT2D eigenvalue weighted by atomic mass is 16.5. The number of hydrogen-bond acceptors (Lipinski definition) is 6. The topological polar surface area (TPSA) is 107 Å². The molecular formula is C34H47N5O4. The summed E-state index contributed by atoms with van der Waals surface area (Å²) in [5, 5.41) is 7.03. The Labute approximate surface area is 255 Å². The fourth-order valence-electron chi connectivity index (χ4n) is 5.76. The van der Waals surface area contributed by atoms with Crippen LogP contribution in [0.25, 0.3) is 10.9 Å². The molecule has 3 N–H and O–H groups in total. The summed E-state index contributed by atoms with van der Waals surface area (Å²) in [7, 11) is 1.62. The number of aromatic amines is 1. The summed E-state index contributed by atoms with van der Waals surface area (Å²) in [5.74, 6) is 0.563. The van der Waals surface area contributed by atoms with Gasteiger partial charge in [0.05, 0.1) is 13.5 Å². The summed E-state index contributed by atoms with van der Waals surface area (Å²) in [6.07, 6.45) is 3.65. The van der Waals surface area contributed by atoms with Crippen molar-refractivity contribution in [2.24, 2.45) is 0 Å². The quantitative estimate of drug-likeness (QED) is 0.218. The zero-order valence-electron chi connectivity index (χ0n) is 25.9. The van der Waals surface area contributed by atoms with Crippen LogP contribution < -0.4 is 15.4 Å². The van der Waals surface area contributed by atoms with E-state index < -0.39 is 6.04 Å². The molecule has 2 aromatic carbocycles. The van der Waals surface area contributed by atoms with E-state index in [1.807, 2.05) is 31.2 Å². The second kappa shape index (κ2) is 16.2. The number of nitrogens with zero attached hydrogens (tertiary/aromatic N) is 2. The highest BCUT2D eigenvalue weighted by Gasteiger charge is 2.23. The van der Waals surface area contributed by atoms with Crippen LogP contribution in [0.4, 0.5) is 0 Å². The number of carbonyl (C=O) groups excluding carboxylic acids is 3. The lowest BCUT2D eigenvalue weighted by atomic mass is 10.0. The van der Waals surface area contributed by atoms with Gasteiger partial charge in [0.2, 0.25) is 11.8 Å². The lowest BCUT2D eigenvalue weighted by Gasteiger charge is -2.34. The lowest BCUT2D eigenvalue weighted by Crippen LogP contribution is -2.50. The molecule has 43 heavy (non-hydrogen) atoms. The van der Waals surface area contributed by atoms with Gasteiger partial charge in [0, 0.05) is 68.8 Å². The number of benzene rings is 2. The number of methoxy groups -OCH3 is 1. The fraction of sp³-hybridized carbons (Fsp3) is 0.500. The van der Waals surface area contributed by atoms with E-state index in [2.05, 4.69) is 49.7 Å². The number of ether oxygens (including phenoxy) is 1. The monoisotopic (exact) mass is 589 g/mol. The Hall–Kier alpha value is -3.69. The molecule has 1 aromatic heterocycles. The zero-order chi connectivity index (χ0) is 30.6. The summed E-state index contributed by atoms with van der Waals surface area (Å²) >= 11 is 0. The van der Waals surface area contributed by atoms with Crippen LogP contribution in [0.1, 0.15) is 55.8 Å². The second-order valence-electron chi connectivity index (χ2n) is 11.6. The van der Waals surface area contributed by atoms with Crippen molar-refractivity contribution in [2.45, 2.75) is 65.0 Å². The highest BCUT2D eigenvalue weighted by Crippen LogP contribution is 2.27. The van der Waals surface area contributed by atoms with E-state index >= 15 is 0 Å². The minimum Gasteiger partial charge on any atom is -0.497 e. The van der Waals surface area contributed by atoms with E-state index in [1.165, 1.54) is 5.56 Å². The Morgan fingerprint density at radius 2 is 1.72 bits per heavy atom. The number of piperazine rings is 1. The van der Waals surface area contributed by atoms with Crippen LogP contribution in [-0.4, -0.2) is 84.8 Å². The first-order chi connectivity index (χ1) is 20.8. The maximum absolute atomic E-state index is 13.3. The molecule has 1 fully saturated rings. The van der Waals surface area contributed by atoms with Crippen LogP contribution in [0.5, 0.6) is 5.75 Å². The molecule has 0 bridgehead atoms. The third-order valence-electron chi connectivity index (χ3n) is 8.28. The SMILES string of the molecule is COc1ccc2[nH]c(C)c(CC(=O)NC(CCCCCC(C)=O)C(=O)NCCN3CCN(Cc4ccccc4)CC3)c2c1. The van der Waals surface area contributed by atoms with E-state index in [1.54, 1.807) is 14.0 Å². The number of aromatic nitrogens is 1. The summed E-state index contributed by atoms with van der Waals surface area (Å²) in [6, 6.07) is 15.7. The van der Waals surface area contributed by atoms with Gasteiger partial charge in [-0.05, 0) is 56.0 Å². The largest absolute Gasteiger partial charge is 0.497 e. The molecule has 232 valence electrons. The first-order valence-electron chi connectivity index (χ1n) is 15.5. The molecule has 3 aromatic rings. The molecule has 4 rings (SSSR count). The van der Waals surface area contributed by atoms with Crippen molar-refractivity contribution in [1.82, 2.24) is 25.4 Å². The Kier molecular flexibility index (Phi) is 12.2. The number of aryl methyl sites for hydroxylation is 1. The minimum absolute atomic E-state index is 0.153. The van der Waals surface area contributed by atoms with Crippen LogP contribution in [0.15, 0.2) is 48.5 Å². The third kappa shape index (κ3) is 9.93. The maximum Gasteiger partial charge on any atom is 0.242 e. The summed E-state index contributed by atoms with van der Waals surface area (Å²) in [5.41, 5.74) is 4.10. The lowest BCUT2D eigenvalue weighted by molar-refractivity contribution is -0.129. The number of hydrogen-bond donors (Lipinski definition) is 3. The van der Waals surface area contributed by atoms with Gasteiger partial charge in [0.25, 0.3) is 0 Å². The van der Waals surface area contributed by atoms with Crippen molar-refractivity contribution in [3.05, 3.63) is 65.4 Å². The van der Waals surface area contributed by atoms with Gasteiger partial charge in [-0.15, -0.1) is 0 Å². The van der Waals surface area contributed by atoms with Gasteiger partial charge in [-0.25, -0.2) is 0 Å². The van der Waals surface area contributed by atoms with Crippen molar-refractivity contribution in [2.75, 3.05) is 46.4 Å². The molecule has 1 atom stereocenters. The van der Waals surface area contributed by atoms with Crippen molar-refractivity contribution in [3.8, 4) is 5.75 Å². The van der Waals surface area contributed by atoms with Gasteiger partial charge < -0.3 is 25.1 Å². The van der Waals surface area contributed by atoms with Crippen LogP contribution >= 0.6 is 0 Å². The molecule has 1 saturated heterocycles. The van der Waals surface area contributed by atoms with E-state index in [-0.39, 0.29) is 24.0 Å². The molecule has 9 heteroatoms. The molecule has 2 amide bonds. The van der Waals surface area contributed by atoms with Gasteiger partial charge >= 0.3 is 0 Å². The molecule has 0 aliphatic carbocycles. The van der Waals surface area contributed by atoms with Crippen LogP contribution in [0, 0.1) is 6.92 Å². The number of H-pyrrole nitrogens is 1. The average Bonchev–Trinajstić information content (AvgIpc) is 3.31. The van der Waals surface area contributed by atoms with Crippen molar-refractivity contribution in [3.63, 3.8) is 0 Å². The van der Waals surface area contributed by atoms with Crippen LogP contribution in [0.2, 0.25) is 0 Å². The molecule has 1 unspecified atom stereocenters. The van der Waals surface area contributed by atoms with Gasteiger partial charge in [-0.2, -0.15) is 0 Å². The maximum atomic E-state index is 13.3. The van der Waals surface area contributed by atoms with E-state index in [9.17, 15) is 14.4 Å². The number of unbranched alkanes of at least 4 members (excludes halogenated alkanes) is 2. The summed E-state index contributed by atoms with van der Waals surface area (Å²) < 4.78 is 5.38. The Morgan fingerprint density at radius 3 is 2.44 bits per heavy atom. The molecule has 2 heterocycles. The molecule has 0 radical (unpaired) electrons. The van der Waals surface area contributed by atoms with Gasteiger partial charge in [-0.1, -0.05) is 43.2 Å². The Balaban J connectivity index is 1.28. The van der Waals surface area contributed by atoms with E-state index in [0.717, 1.165) is 86.4 Å².